The molecule has 1 aliphatic heterocycles. The van der Waals surface area contributed by atoms with E-state index in [9.17, 15) is 10.1 Å². The minimum atomic E-state index is -0.329. The number of fused-ring (bicyclic) bond motifs is 2. The number of hydrogen-bond donors (Lipinski definition) is 1. The van der Waals surface area contributed by atoms with Gasteiger partial charge in [-0.25, -0.2) is 0 Å². The highest BCUT2D eigenvalue weighted by Crippen LogP contribution is 2.44. The molecule has 0 saturated heterocycles. The summed E-state index contributed by atoms with van der Waals surface area (Å²) in [5, 5.41) is 16.9. The van der Waals surface area contributed by atoms with Crippen LogP contribution in [0.1, 0.15) is 25.0 Å². The van der Waals surface area contributed by atoms with Crippen molar-refractivity contribution in [1.82, 2.24) is 0 Å². The molecule has 0 spiro atoms. The summed E-state index contributed by atoms with van der Waals surface area (Å²) in [4.78, 5) is 16.1. The number of hydrogen-bond acceptors (Lipinski definition) is 5. The molecular formula is C25H25N3O3. The van der Waals surface area contributed by atoms with Crippen molar-refractivity contribution >= 4 is 22.3 Å². The molecule has 0 radical (unpaired) electrons. The topological polar surface area (TPSA) is 80.7 Å². The van der Waals surface area contributed by atoms with Gasteiger partial charge in [-0.15, -0.1) is 0 Å². The van der Waals surface area contributed by atoms with Gasteiger partial charge in [-0.05, 0) is 57.0 Å². The molecule has 6 heteroatoms. The molecule has 0 unspecified atom stereocenters. The second-order valence-electron chi connectivity index (χ2n) is 7.55. The van der Waals surface area contributed by atoms with Crippen molar-refractivity contribution < 1.29 is 9.34 Å². The van der Waals surface area contributed by atoms with Gasteiger partial charge in [0.15, 0.2) is 0 Å². The summed E-state index contributed by atoms with van der Waals surface area (Å²) in [7, 11) is 0. The lowest BCUT2D eigenvalue weighted by atomic mass is 9.91. The third-order valence-corrected chi connectivity index (χ3v) is 5.45. The van der Waals surface area contributed by atoms with Crippen LogP contribution in [0.4, 0.5) is 11.4 Å². The molecule has 0 saturated carbocycles. The molecule has 2 aromatic rings. The zero-order chi connectivity index (χ0) is 22.1. The number of para-hydroxylation sites is 1. The normalized spacial score (nSPS) is 11.9. The van der Waals surface area contributed by atoms with Crippen LogP contribution in [0.5, 0.6) is 0 Å². The van der Waals surface area contributed by atoms with E-state index in [-0.39, 0.29) is 10.6 Å². The van der Waals surface area contributed by atoms with Crippen molar-refractivity contribution in [2.24, 2.45) is 4.99 Å². The highest BCUT2D eigenvalue weighted by atomic mass is 16.6. The molecular weight excluding hydrogens is 390 g/mol. The number of benzene rings is 3. The number of nitrogens with zero attached hydrogens (tertiary/aromatic N) is 2. The van der Waals surface area contributed by atoms with Crippen molar-refractivity contribution in [3.8, 4) is 22.5 Å². The van der Waals surface area contributed by atoms with E-state index in [1.807, 2.05) is 58.0 Å². The van der Waals surface area contributed by atoms with E-state index in [0.29, 0.717) is 23.5 Å². The van der Waals surface area contributed by atoms with Gasteiger partial charge in [-0.2, -0.15) is 0 Å². The number of nitrogens with one attached hydrogen (secondary N) is 1. The molecule has 0 bridgehead atoms. The zero-order valence-corrected chi connectivity index (χ0v) is 18.2. The van der Waals surface area contributed by atoms with Crippen LogP contribution in [-0.4, -0.2) is 18.0 Å². The maximum absolute atomic E-state index is 11.8. The Hall–Kier alpha value is -3.67. The molecule has 0 atom stereocenters. The minimum absolute atomic E-state index is 0.0738. The second-order valence-corrected chi connectivity index (χ2v) is 7.55. The van der Waals surface area contributed by atoms with Crippen molar-refractivity contribution in [2.75, 3.05) is 18.4 Å². The summed E-state index contributed by atoms with van der Waals surface area (Å²) >= 11 is 0. The zero-order valence-electron chi connectivity index (χ0n) is 18.2. The van der Waals surface area contributed by atoms with E-state index >= 15 is 0 Å². The van der Waals surface area contributed by atoms with Gasteiger partial charge in [0, 0.05) is 53.5 Å². The van der Waals surface area contributed by atoms with Gasteiger partial charge in [0.2, 0.25) is 0 Å². The van der Waals surface area contributed by atoms with Crippen LogP contribution in [0.3, 0.4) is 0 Å². The molecule has 1 N–H and O–H groups in total. The third kappa shape index (κ3) is 3.65. The Kier molecular flexibility index (Phi) is 5.46. The lowest BCUT2D eigenvalue weighted by Gasteiger charge is -2.18. The predicted molar refractivity (Wildman–Crippen MR) is 125 cm³/mol. The Labute approximate surface area is 180 Å². The lowest BCUT2D eigenvalue weighted by Crippen LogP contribution is -2.09. The van der Waals surface area contributed by atoms with Crippen molar-refractivity contribution in [3.63, 3.8) is 0 Å². The summed E-state index contributed by atoms with van der Waals surface area (Å²) in [6, 6.07) is 14.8. The Morgan fingerprint density at radius 1 is 1.03 bits per heavy atom. The number of nitro groups is 1. The Morgan fingerprint density at radius 3 is 2.52 bits per heavy atom. The van der Waals surface area contributed by atoms with Crippen molar-refractivity contribution in [3.05, 3.63) is 75.1 Å². The molecule has 4 rings (SSSR count). The maximum atomic E-state index is 11.8. The smallest absolute Gasteiger partial charge is 0.277 e. The fourth-order valence-electron chi connectivity index (χ4n) is 4.04. The SMILES string of the molecule is CCN=c1cc2oc3cc(NCC)c(C)cc3c(-c3ccccc3[N+](=O)[O-])c-2cc1C. The summed E-state index contributed by atoms with van der Waals surface area (Å²) in [6.07, 6.45) is 0. The fraction of sp³-hybridized carbons (Fsp3) is 0.240. The molecule has 0 amide bonds. The summed E-state index contributed by atoms with van der Waals surface area (Å²) in [6.45, 7) is 9.52. The minimum Gasteiger partial charge on any atom is -0.456 e. The molecule has 1 aliphatic carbocycles. The molecule has 2 aliphatic rings. The first-order valence-corrected chi connectivity index (χ1v) is 10.4. The largest absolute Gasteiger partial charge is 0.456 e. The number of rotatable bonds is 5. The monoisotopic (exact) mass is 415 g/mol. The highest BCUT2D eigenvalue weighted by Gasteiger charge is 2.24. The van der Waals surface area contributed by atoms with E-state index in [4.69, 9.17) is 4.42 Å². The van der Waals surface area contributed by atoms with Gasteiger partial charge in [0.25, 0.3) is 5.69 Å². The molecule has 31 heavy (non-hydrogen) atoms. The molecule has 158 valence electrons. The van der Waals surface area contributed by atoms with Crippen LogP contribution in [0.25, 0.3) is 33.4 Å². The first-order valence-electron chi connectivity index (χ1n) is 10.4. The molecule has 2 aromatic carbocycles. The molecule has 0 fully saturated rings. The Morgan fingerprint density at radius 2 is 1.81 bits per heavy atom. The van der Waals surface area contributed by atoms with Crippen LogP contribution in [0, 0.1) is 24.0 Å². The van der Waals surface area contributed by atoms with Crippen molar-refractivity contribution in [1.29, 1.82) is 0 Å². The van der Waals surface area contributed by atoms with E-state index in [1.165, 1.54) is 0 Å². The van der Waals surface area contributed by atoms with Crippen LogP contribution in [-0.2, 0) is 0 Å². The standard InChI is InChI=1S/C25H25N3O3/c1-5-26-20-13-23-18(11-15(20)3)25(17-9-7-8-10-22(17)28(29)30)19-12-16(4)21(27-6-2)14-24(19)31-23/h7-14,26H,5-6H2,1-4H3. The maximum Gasteiger partial charge on any atom is 0.277 e. The van der Waals surface area contributed by atoms with Crippen LogP contribution < -0.4 is 10.7 Å². The summed E-state index contributed by atoms with van der Waals surface area (Å²) in [5.41, 5.74) is 6.01. The number of aryl methyl sites for hydroxylation is 2. The van der Waals surface area contributed by atoms with Crippen LogP contribution >= 0.6 is 0 Å². The van der Waals surface area contributed by atoms with E-state index in [2.05, 4.69) is 10.3 Å². The highest BCUT2D eigenvalue weighted by molar-refractivity contribution is 6.05. The van der Waals surface area contributed by atoms with E-state index in [1.54, 1.807) is 18.2 Å². The molecule has 6 nitrogen and oxygen atoms in total. The van der Waals surface area contributed by atoms with Gasteiger partial charge in [-0.1, -0.05) is 12.1 Å². The van der Waals surface area contributed by atoms with E-state index < -0.39 is 0 Å². The number of anilines is 1. The van der Waals surface area contributed by atoms with Gasteiger partial charge < -0.3 is 9.73 Å². The van der Waals surface area contributed by atoms with Crippen LogP contribution in [0.15, 0.2) is 57.9 Å². The van der Waals surface area contributed by atoms with Gasteiger partial charge in [-0.3, -0.25) is 15.1 Å². The first-order chi connectivity index (χ1) is 14.9. The second kappa shape index (κ2) is 8.22. The van der Waals surface area contributed by atoms with Gasteiger partial charge in [0.05, 0.1) is 15.8 Å². The first kappa shape index (κ1) is 20.6. The van der Waals surface area contributed by atoms with Crippen LogP contribution in [0.2, 0.25) is 0 Å². The fourth-order valence-corrected chi connectivity index (χ4v) is 4.04. The predicted octanol–water partition coefficient (Wildman–Crippen LogP) is 6.08. The Balaban J connectivity index is 2.20. The number of nitro benzene ring substituents is 1. The third-order valence-electron chi connectivity index (χ3n) is 5.45. The molecule has 1 heterocycles. The molecule has 0 aromatic heterocycles. The summed E-state index contributed by atoms with van der Waals surface area (Å²) < 4.78 is 6.32. The average Bonchev–Trinajstić information content (AvgIpc) is 2.74. The average molecular weight is 415 g/mol. The quantitative estimate of drug-likeness (QED) is 0.243. The summed E-state index contributed by atoms with van der Waals surface area (Å²) in [5.74, 6) is 0.657. The Bertz CT molecular complexity index is 1340. The lowest BCUT2D eigenvalue weighted by molar-refractivity contribution is -0.384. The van der Waals surface area contributed by atoms with Crippen molar-refractivity contribution in [2.45, 2.75) is 27.7 Å². The van der Waals surface area contributed by atoms with Gasteiger partial charge >= 0.3 is 0 Å². The van der Waals surface area contributed by atoms with E-state index in [0.717, 1.165) is 45.2 Å². The van der Waals surface area contributed by atoms with Gasteiger partial charge in [0.1, 0.15) is 11.3 Å².